The van der Waals surface area contributed by atoms with Gasteiger partial charge in [-0.2, -0.15) is 0 Å². The van der Waals surface area contributed by atoms with Crippen LogP contribution in [0.3, 0.4) is 0 Å². The topological polar surface area (TPSA) is 58.6 Å². The number of benzene rings is 2. The number of rotatable bonds is 10. The predicted octanol–water partition coefficient (Wildman–Crippen LogP) is 5.10. The third-order valence-corrected chi connectivity index (χ3v) is 7.23. The summed E-state index contributed by atoms with van der Waals surface area (Å²) < 4.78 is 5.25. The second kappa shape index (κ2) is 12.7. The molecule has 33 heavy (non-hydrogen) atoms. The van der Waals surface area contributed by atoms with Crippen LogP contribution in [0.4, 0.5) is 0 Å². The Kier molecular flexibility index (Phi) is 9.67. The standard InChI is InChI=1S/C27H36N2O3S/c1-20-9-11-23(12-10-20)18-33-19-26(30)29(17-22-13-15-25(32-3)16-14-22)21(2)27(31)28-24-7-5-4-6-8-24/h9-16,21,24H,4-8,17-19H2,1-3H3,(H,28,31). The summed E-state index contributed by atoms with van der Waals surface area (Å²) in [4.78, 5) is 28.0. The largest absolute Gasteiger partial charge is 0.497 e. The first-order valence-corrected chi connectivity index (χ1v) is 13.0. The number of thioether (sulfide) groups is 1. The number of nitrogens with zero attached hydrogens (tertiary/aromatic N) is 1. The molecule has 1 unspecified atom stereocenters. The maximum atomic E-state index is 13.3. The van der Waals surface area contributed by atoms with Crippen molar-refractivity contribution in [2.45, 2.75) is 70.3 Å². The monoisotopic (exact) mass is 468 g/mol. The molecule has 1 saturated carbocycles. The highest BCUT2D eigenvalue weighted by atomic mass is 32.2. The Balaban J connectivity index is 1.65. The summed E-state index contributed by atoms with van der Waals surface area (Å²) in [5.74, 6) is 1.80. The molecule has 0 aromatic heterocycles. The van der Waals surface area contributed by atoms with Crippen molar-refractivity contribution in [2.24, 2.45) is 0 Å². The minimum atomic E-state index is -0.526. The van der Waals surface area contributed by atoms with E-state index in [9.17, 15) is 9.59 Å². The molecule has 0 saturated heterocycles. The zero-order valence-electron chi connectivity index (χ0n) is 20.0. The number of amides is 2. The van der Waals surface area contributed by atoms with E-state index in [1.165, 1.54) is 17.5 Å². The Morgan fingerprint density at radius 2 is 1.67 bits per heavy atom. The molecule has 0 bridgehead atoms. The van der Waals surface area contributed by atoms with E-state index < -0.39 is 6.04 Å². The summed E-state index contributed by atoms with van der Waals surface area (Å²) in [6.45, 7) is 4.30. The van der Waals surface area contributed by atoms with Crippen molar-refractivity contribution in [3.63, 3.8) is 0 Å². The normalized spacial score (nSPS) is 15.0. The van der Waals surface area contributed by atoms with Gasteiger partial charge in [-0.25, -0.2) is 0 Å². The predicted molar refractivity (Wildman–Crippen MR) is 135 cm³/mol. The number of hydrogen-bond acceptors (Lipinski definition) is 4. The van der Waals surface area contributed by atoms with Gasteiger partial charge in [0.25, 0.3) is 0 Å². The molecule has 1 aliphatic rings. The van der Waals surface area contributed by atoms with Gasteiger partial charge in [-0.1, -0.05) is 61.2 Å². The van der Waals surface area contributed by atoms with E-state index >= 15 is 0 Å². The smallest absolute Gasteiger partial charge is 0.242 e. The molecule has 6 heteroatoms. The Morgan fingerprint density at radius 3 is 2.30 bits per heavy atom. The fourth-order valence-corrected chi connectivity index (χ4v) is 4.97. The molecule has 0 aliphatic heterocycles. The lowest BCUT2D eigenvalue weighted by Gasteiger charge is -2.31. The fraction of sp³-hybridized carbons (Fsp3) is 0.481. The Bertz CT molecular complexity index is 893. The summed E-state index contributed by atoms with van der Waals surface area (Å²) >= 11 is 1.59. The summed E-state index contributed by atoms with van der Waals surface area (Å²) in [6.07, 6.45) is 5.60. The highest BCUT2D eigenvalue weighted by Crippen LogP contribution is 2.20. The quantitative estimate of drug-likeness (QED) is 0.527. The van der Waals surface area contributed by atoms with Crippen molar-refractivity contribution < 1.29 is 14.3 Å². The van der Waals surface area contributed by atoms with Crippen molar-refractivity contribution in [1.29, 1.82) is 0 Å². The van der Waals surface area contributed by atoms with Gasteiger partial charge in [-0.05, 0) is 49.9 Å². The van der Waals surface area contributed by atoms with Gasteiger partial charge >= 0.3 is 0 Å². The molecular formula is C27H36N2O3S. The first kappa shape index (κ1) is 25.2. The molecule has 178 valence electrons. The second-order valence-corrected chi connectivity index (χ2v) is 9.85. The van der Waals surface area contributed by atoms with Gasteiger partial charge in [0.1, 0.15) is 11.8 Å². The lowest BCUT2D eigenvalue weighted by atomic mass is 9.95. The van der Waals surface area contributed by atoms with Crippen LogP contribution in [-0.4, -0.2) is 41.7 Å². The molecule has 1 N–H and O–H groups in total. The van der Waals surface area contributed by atoms with Crippen molar-refractivity contribution in [3.05, 3.63) is 65.2 Å². The van der Waals surface area contributed by atoms with Crippen LogP contribution < -0.4 is 10.1 Å². The Hall–Kier alpha value is -2.47. The van der Waals surface area contributed by atoms with Gasteiger partial charge in [-0.3, -0.25) is 9.59 Å². The van der Waals surface area contributed by atoms with Gasteiger partial charge in [-0.15, -0.1) is 11.8 Å². The van der Waals surface area contributed by atoms with E-state index in [2.05, 4.69) is 36.5 Å². The van der Waals surface area contributed by atoms with E-state index in [4.69, 9.17) is 4.74 Å². The van der Waals surface area contributed by atoms with Crippen LogP contribution in [0.5, 0.6) is 5.75 Å². The molecule has 2 aromatic rings. The van der Waals surface area contributed by atoms with Crippen LogP contribution in [0.1, 0.15) is 55.7 Å². The molecule has 1 atom stereocenters. The molecule has 0 spiro atoms. The van der Waals surface area contributed by atoms with Crippen LogP contribution in [0.25, 0.3) is 0 Å². The minimum Gasteiger partial charge on any atom is -0.497 e. The van der Waals surface area contributed by atoms with Crippen LogP contribution in [0.15, 0.2) is 48.5 Å². The van der Waals surface area contributed by atoms with Crippen LogP contribution in [-0.2, 0) is 21.9 Å². The zero-order valence-corrected chi connectivity index (χ0v) is 20.8. The lowest BCUT2D eigenvalue weighted by Crippen LogP contribution is -2.50. The zero-order chi connectivity index (χ0) is 23.6. The van der Waals surface area contributed by atoms with Gasteiger partial charge in [0.15, 0.2) is 0 Å². The number of hydrogen-bond donors (Lipinski definition) is 1. The van der Waals surface area contributed by atoms with Crippen LogP contribution in [0.2, 0.25) is 0 Å². The van der Waals surface area contributed by atoms with Crippen LogP contribution in [0, 0.1) is 6.92 Å². The molecule has 2 amide bonds. The van der Waals surface area contributed by atoms with Crippen molar-refractivity contribution in [3.8, 4) is 5.75 Å². The molecule has 0 radical (unpaired) electrons. The first-order valence-electron chi connectivity index (χ1n) is 11.8. The minimum absolute atomic E-state index is 0.0192. The molecule has 1 fully saturated rings. The van der Waals surface area contributed by atoms with Gasteiger partial charge in [0.2, 0.25) is 11.8 Å². The van der Waals surface area contributed by atoms with Crippen LogP contribution >= 0.6 is 11.8 Å². The van der Waals surface area contributed by atoms with Crippen molar-refractivity contribution >= 4 is 23.6 Å². The fourth-order valence-electron chi connectivity index (χ4n) is 4.10. The van der Waals surface area contributed by atoms with Crippen molar-refractivity contribution in [2.75, 3.05) is 12.9 Å². The third kappa shape index (κ3) is 7.81. The molecule has 2 aromatic carbocycles. The molecule has 3 rings (SSSR count). The Labute approximate surface area is 202 Å². The highest BCUT2D eigenvalue weighted by Gasteiger charge is 2.28. The van der Waals surface area contributed by atoms with E-state index in [0.717, 1.165) is 42.7 Å². The number of ether oxygens (including phenoxy) is 1. The summed E-state index contributed by atoms with van der Waals surface area (Å²) in [6, 6.07) is 15.7. The molecule has 5 nitrogen and oxygen atoms in total. The van der Waals surface area contributed by atoms with Crippen molar-refractivity contribution in [1.82, 2.24) is 10.2 Å². The average molecular weight is 469 g/mol. The third-order valence-electron chi connectivity index (χ3n) is 6.25. The lowest BCUT2D eigenvalue weighted by molar-refractivity contribution is -0.139. The number of carbonyl (C=O) groups is 2. The molecular weight excluding hydrogens is 432 g/mol. The SMILES string of the molecule is COc1ccc(CN(C(=O)CSCc2ccc(C)cc2)C(C)C(=O)NC2CCCCC2)cc1. The van der Waals surface area contributed by atoms with E-state index in [1.807, 2.05) is 31.2 Å². The summed E-state index contributed by atoms with van der Waals surface area (Å²) in [7, 11) is 1.63. The Morgan fingerprint density at radius 1 is 1.03 bits per heavy atom. The first-order chi connectivity index (χ1) is 16.0. The average Bonchev–Trinajstić information content (AvgIpc) is 2.84. The maximum Gasteiger partial charge on any atom is 0.242 e. The number of carbonyl (C=O) groups excluding carboxylic acids is 2. The second-order valence-electron chi connectivity index (χ2n) is 8.87. The van der Waals surface area contributed by atoms with E-state index in [-0.39, 0.29) is 17.9 Å². The molecule has 1 aliphatic carbocycles. The number of aryl methyl sites for hydroxylation is 1. The van der Waals surface area contributed by atoms with Gasteiger partial charge in [0, 0.05) is 18.3 Å². The maximum absolute atomic E-state index is 13.3. The van der Waals surface area contributed by atoms with Gasteiger partial charge < -0.3 is 15.0 Å². The van der Waals surface area contributed by atoms with E-state index in [0.29, 0.717) is 12.3 Å². The summed E-state index contributed by atoms with van der Waals surface area (Å²) in [5, 5.41) is 3.19. The molecule has 0 heterocycles. The number of nitrogens with one attached hydrogen (secondary N) is 1. The number of methoxy groups -OCH3 is 1. The van der Waals surface area contributed by atoms with E-state index in [1.54, 1.807) is 23.8 Å². The highest BCUT2D eigenvalue weighted by molar-refractivity contribution is 7.99. The summed E-state index contributed by atoms with van der Waals surface area (Å²) in [5.41, 5.74) is 3.40. The van der Waals surface area contributed by atoms with Gasteiger partial charge in [0.05, 0.1) is 12.9 Å².